The number of ether oxygens (including phenoxy) is 3. The molecule has 0 rings (SSSR count). The second kappa shape index (κ2) is 56.7. The average Bonchev–Trinajstić information content (AvgIpc) is 3.35. The summed E-state index contributed by atoms with van der Waals surface area (Å²) in [4.78, 5) is 38.1. The molecule has 1 atom stereocenters. The fraction of sp³-hybridized carbons (Fsp3) is 0.667. The Bertz CT molecular complexity index is 1420. The number of esters is 3. The van der Waals surface area contributed by atoms with Gasteiger partial charge in [0.05, 0.1) is 0 Å². The van der Waals surface area contributed by atoms with Gasteiger partial charge in [-0.25, -0.2) is 0 Å². The van der Waals surface area contributed by atoms with Gasteiger partial charge in [-0.2, -0.15) is 0 Å². The van der Waals surface area contributed by atoms with E-state index in [4.69, 9.17) is 14.2 Å². The van der Waals surface area contributed by atoms with Crippen LogP contribution in [0.3, 0.4) is 0 Å². The quantitative estimate of drug-likeness (QED) is 0.0262. The predicted octanol–water partition coefficient (Wildman–Crippen LogP) is 19.1. The number of carbonyl (C=O) groups excluding carboxylic acids is 3. The number of rotatable bonds is 50. The maximum atomic E-state index is 12.9. The summed E-state index contributed by atoms with van der Waals surface area (Å²) in [6.45, 7) is 6.34. The number of allylic oxidation sites excluding steroid dienone is 18. The molecule has 0 aliphatic heterocycles. The van der Waals surface area contributed by atoms with Crippen LogP contribution in [0.5, 0.6) is 0 Å². The minimum atomic E-state index is -0.812. The van der Waals surface area contributed by atoms with E-state index >= 15 is 0 Å². The van der Waals surface area contributed by atoms with Crippen LogP contribution in [0.4, 0.5) is 0 Å². The molecule has 69 heavy (non-hydrogen) atoms. The van der Waals surface area contributed by atoms with Crippen LogP contribution in [0.25, 0.3) is 0 Å². The Kier molecular flexibility index (Phi) is 53.4. The van der Waals surface area contributed by atoms with Gasteiger partial charge < -0.3 is 14.2 Å². The molecule has 0 saturated heterocycles. The average molecular weight is 958 g/mol. The van der Waals surface area contributed by atoms with Gasteiger partial charge in [0.25, 0.3) is 0 Å². The SMILES string of the molecule is CC/C=C\C/C=C\C/C=C\C/C=C\CCCCCCCCC(=O)OCC(COC(=O)CC/C=C\C/C=C\CCCCCCCC)OC(=O)CCCCCCCCCCC/C=C\C/C=C\C/C=C\CC. The Morgan fingerprint density at radius 3 is 0.971 bits per heavy atom. The van der Waals surface area contributed by atoms with Crippen molar-refractivity contribution >= 4 is 17.9 Å². The molecular formula is C63H104O6. The van der Waals surface area contributed by atoms with Crippen molar-refractivity contribution < 1.29 is 28.6 Å². The maximum Gasteiger partial charge on any atom is 0.306 e. The smallest absolute Gasteiger partial charge is 0.306 e. The van der Waals surface area contributed by atoms with Crippen molar-refractivity contribution in [1.82, 2.24) is 0 Å². The first kappa shape index (κ1) is 65.1. The Morgan fingerprint density at radius 2 is 0.594 bits per heavy atom. The monoisotopic (exact) mass is 957 g/mol. The molecule has 0 bridgehead atoms. The number of unbranched alkanes of at least 4 members (excludes halogenated alkanes) is 21. The van der Waals surface area contributed by atoms with Crippen molar-refractivity contribution in [3.63, 3.8) is 0 Å². The summed E-state index contributed by atoms with van der Waals surface area (Å²) in [7, 11) is 0. The van der Waals surface area contributed by atoms with E-state index in [0.717, 1.165) is 116 Å². The highest BCUT2D eigenvalue weighted by atomic mass is 16.6. The van der Waals surface area contributed by atoms with E-state index in [1.807, 2.05) is 6.08 Å². The highest BCUT2D eigenvalue weighted by Crippen LogP contribution is 2.14. The van der Waals surface area contributed by atoms with E-state index in [2.05, 4.69) is 124 Å². The van der Waals surface area contributed by atoms with E-state index in [-0.39, 0.29) is 37.5 Å². The van der Waals surface area contributed by atoms with Crippen LogP contribution in [-0.4, -0.2) is 37.2 Å². The van der Waals surface area contributed by atoms with Gasteiger partial charge in [-0.05, 0) is 109 Å². The third-order valence-electron chi connectivity index (χ3n) is 11.8. The molecule has 392 valence electrons. The number of hydrogen-bond acceptors (Lipinski definition) is 6. The Hall–Kier alpha value is -3.93. The van der Waals surface area contributed by atoms with Crippen LogP contribution in [-0.2, 0) is 28.6 Å². The van der Waals surface area contributed by atoms with Gasteiger partial charge in [0.1, 0.15) is 13.2 Å². The molecule has 0 aliphatic rings. The van der Waals surface area contributed by atoms with Crippen LogP contribution in [0.15, 0.2) is 109 Å². The lowest BCUT2D eigenvalue weighted by atomic mass is 10.1. The number of carbonyl (C=O) groups is 3. The third kappa shape index (κ3) is 54.9. The first-order valence-electron chi connectivity index (χ1n) is 28.4. The molecule has 0 fully saturated rings. The highest BCUT2D eigenvalue weighted by molar-refractivity contribution is 5.71. The molecule has 0 saturated carbocycles. The van der Waals surface area contributed by atoms with E-state index in [1.165, 1.54) is 89.9 Å². The van der Waals surface area contributed by atoms with E-state index in [1.54, 1.807) is 0 Å². The second-order valence-electron chi connectivity index (χ2n) is 18.4. The van der Waals surface area contributed by atoms with E-state index in [0.29, 0.717) is 19.3 Å². The van der Waals surface area contributed by atoms with Gasteiger partial charge in [0, 0.05) is 19.3 Å². The molecule has 6 nitrogen and oxygen atoms in total. The summed E-state index contributed by atoms with van der Waals surface area (Å²) < 4.78 is 16.8. The van der Waals surface area contributed by atoms with Crippen LogP contribution in [0, 0.1) is 0 Å². The minimum Gasteiger partial charge on any atom is -0.462 e. The van der Waals surface area contributed by atoms with E-state index < -0.39 is 6.10 Å². The topological polar surface area (TPSA) is 78.9 Å². The predicted molar refractivity (Wildman–Crippen MR) is 297 cm³/mol. The minimum absolute atomic E-state index is 0.106. The lowest BCUT2D eigenvalue weighted by Gasteiger charge is -2.18. The van der Waals surface area contributed by atoms with Crippen molar-refractivity contribution in [3.8, 4) is 0 Å². The molecule has 1 unspecified atom stereocenters. The van der Waals surface area contributed by atoms with Gasteiger partial charge in [-0.3, -0.25) is 14.4 Å². The van der Waals surface area contributed by atoms with Crippen molar-refractivity contribution in [2.24, 2.45) is 0 Å². The summed E-state index contributed by atoms with van der Waals surface area (Å²) in [5, 5.41) is 0. The van der Waals surface area contributed by atoms with Crippen LogP contribution in [0.2, 0.25) is 0 Å². The van der Waals surface area contributed by atoms with Gasteiger partial charge in [-0.1, -0.05) is 233 Å². The molecule has 0 aliphatic carbocycles. The van der Waals surface area contributed by atoms with Crippen molar-refractivity contribution in [2.75, 3.05) is 13.2 Å². The van der Waals surface area contributed by atoms with Crippen molar-refractivity contribution in [2.45, 2.75) is 258 Å². The lowest BCUT2D eigenvalue weighted by molar-refractivity contribution is -0.166. The largest absolute Gasteiger partial charge is 0.462 e. The summed E-state index contributed by atoms with van der Waals surface area (Å²) in [5.74, 6) is -0.995. The second-order valence-corrected chi connectivity index (χ2v) is 18.4. The molecule has 0 aromatic heterocycles. The molecule has 0 aromatic carbocycles. The van der Waals surface area contributed by atoms with Gasteiger partial charge >= 0.3 is 17.9 Å². The Morgan fingerprint density at radius 1 is 0.304 bits per heavy atom. The zero-order chi connectivity index (χ0) is 50.0. The van der Waals surface area contributed by atoms with Gasteiger partial charge in [-0.15, -0.1) is 0 Å². The summed E-state index contributed by atoms with van der Waals surface area (Å²) >= 11 is 0. The van der Waals surface area contributed by atoms with Gasteiger partial charge in [0.15, 0.2) is 6.10 Å². The zero-order valence-electron chi connectivity index (χ0n) is 44.8. The first-order valence-corrected chi connectivity index (χ1v) is 28.4. The fourth-order valence-corrected chi connectivity index (χ4v) is 7.56. The maximum absolute atomic E-state index is 12.9. The van der Waals surface area contributed by atoms with Crippen LogP contribution < -0.4 is 0 Å². The normalized spacial score (nSPS) is 12.9. The molecule has 0 amide bonds. The summed E-state index contributed by atoms with van der Waals surface area (Å²) in [6, 6.07) is 0. The first-order chi connectivity index (χ1) is 34.0. The highest BCUT2D eigenvalue weighted by Gasteiger charge is 2.19. The Labute approximate surface area is 425 Å². The van der Waals surface area contributed by atoms with Crippen LogP contribution >= 0.6 is 0 Å². The van der Waals surface area contributed by atoms with E-state index in [9.17, 15) is 14.4 Å². The molecular weight excluding hydrogens is 853 g/mol. The van der Waals surface area contributed by atoms with Crippen LogP contribution in [0.1, 0.15) is 252 Å². The third-order valence-corrected chi connectivity index (χ3v) is 11.8. The molecule has 0 N–H and O–H groups in total. The standard InChI is InChI=1S/C63H104O6/c1-4-7-10-13-16-19-22-25-27-29-31-33-35-38-41-44-47-50-53-56-62(65)68-59-60(58-67-61(64)55-52-49-46-43-40-37-24-21-18-15-12-9-6-3)69-63(66)57-54-51-48-45-42-39-36-34-32-30-28-26-23-20-17-14-11-8-5-2/h7-8,10-11,16-17,19-20,25-28,31,33,37,40,46,49,60H,4-6,9,12-15,18,21-24,29-30,32,34-36,38-39,41-45,47-48,50-59H2,1-3H3/b10-7-,11-8-,19-16-,20-17-,27-25-,28-26-,33-31-,40-37-,49-46-. The van der Waals surface area contributed by atoms with Crippen molar-refractivity contribution in [1.29, 1.82) is 0 Å². The van der Waals surface area contributed by atoms with Gasteiger partial charge in [0.2, 0.25) is 0 Å². The lowest BCUT2D eigenvalue weighted by Crippen LogP contribution is -2.30. The molecule has 6 heteroatoms. The summed E-state index contributed by atoms with van der Waals surface area (Å²) in [5.41, 5.74) is 0. The summed E-state index contributed by atoms with van der Waals surface area (Å²) in [6.07, 6.45) is 76.6. The fourth-order valence-electron chi connectivity index (χ4n) is 7.56. The Balaban J connectivity index is 4.46. The molecule has 0 heterocycles. The zero-order valence-corrected chi connectivity index (χ0v) is 44.8. The molecule has 0 spiro atoms. The molecule has 0 radical (unpaired) electrons. The number of hydrogen-bond donors (Lipinski definition) is 0. The van der Waals surface area contributed by atoms with Crippen molar-refractivity contribution in [3.05, 3.63) is 109 Å². The molecule has 0 aromatic rings.